The fraction of sp³-hybridized carbons (Fsp3) is 0.200. The lowest BCUT2D eigenvalue weighted by molar-refractivity contribution is 0.171. The third kappa shape index (κ3) is 5.17. The Labute approximate surface area is 205 Å². The predicted molar refractivity (Wildman–Crippen MR) is 134 cm³/mol. The highest BCUT2D eigenvalue weighted by Crippen LogP contribution is 2.34. The number of benzene rings is 2. The monoisotopic (exact) mass is 489 g/mol. The van der Waals surface area contributed by atoms with E-state index in [1.54, 1.807) is 24.3 Å². The molecule has 9 nitrogen and oxygen atoms in total. The van der Waals surface area contributed by atoms with Gasteiger partial charge in [-0.2, -0.15) is 5.10 Å². The van der Waals surface area contributed by atoms with Gasteiger partial charge >= 0.3 is 6.03 Å². The molecule has 2 N–H and O–H groups in total. The number of hydrogen-bond acceptors (Lipinski definition) is 7. The quantitative estimate of drug-likeness (QED) is 0.425. The number of amides is 2. The van der Waals surface area contributed by atoms with Crippen molar-refractivity contribution in [3.8, 4) is 32.6 Å². The predicted octanol–water partition coefficient (Wildman–Crippen LogP) is 3.94. The maximum absolute atomic E-state index is 12.4. The molecule has 0 saturated carbocycles. The molecule has 0 atom stereocenters. The molecule has 3 heterocycles. The molecule has 2 amide bonds. The number of rotatable bonds is 6. The van der Waals surface area contributed by atoms with E-state index < -0.39 is 6.03 Å². The molecule has 2 aromatic carbocycles. The summed E-state index contributed by atoms with van der Waals surface area (Å²) in [6.45, 7) is 3.36. The van der Waals surface area contributed by atoms with E-state index >= 15 is 0 Å². The highest BCUT2D eigenvalue weighted by molar-refractivity contribution is 7.18. The summed E-state index contributed by atoms with van der Waals surface area (Å²) in [7, 11) is 0. The second kappa shape index (κ2) is 9.98. The lowest BCUT2D eigenvalue weighted by atomic mass is 10.2. The Morgan fingerprint density at radius 1 is 1.06 bits per heavy atom. The zero-order chi connectivity index (χ0) is 24.2. The highest BCUT2D eigenvalue weighted by atomic mass is 32.1. The van der Waals surface area contributed by atoms with E-state index in [1.165, 1.54) is 22.1 Å². The fourth-order valence-electron chi connectivity index (χ4n) is 3.64. The van der Waals surface area contributed by atoms with Crippen LogP contribution in [0.4, 0.5) is 10.5 Å². The Morgan fingerprint density at radius 3 is 2.69 bits per heavy atom. The third-order valence-corrected chi connectivity index (χ3v) is 6.55. The van der Waals surface area contributed by atoms with E-state index in [9.17, 15) is 9.59 Å². The van der Waals surface area contributed by atoms with Crippen LogP contribution in [0.2, 0.25) is 0 Å². The average molecular weight is 490 g/mol. The van der Waals surface area contributed by atoms with Gasteiger partial charge in [-0.05, 0) is 25.1 Å². The number of fused-ring (bicyclic) bond motifs is 1. The Kier molecular flexibility index (Phi) is 6.44. The molecule has 5 rings (SSSR count). The maximum Gasteiger partial charge on any atom is 0.319 e. The maximum atomic E-state index is 12.4. The van der Waals surface area contributed by atoms with E-state index in [4.69, 9.17) is 9.47 Å². The first kappa shape index (κ1) is 22.6. The molecular formula is C25H23N5O4S. The van der Waals surface area contributed by atoms with Gasteiger partial charge in [0, 0.05) is 29.9 Å². The molecule has 2 aromatic heterocycles. The molecule has 0 fully saturated rings. The van der Waals surface area contributed by atoms with Crippen LogP contribution in [0.5, 0.6) is 11.5 Å². The second-order valence-corrected chi connectivity index (χ2v) is 8.82. The van der Waals surface area contributed by atoms with Gasteiger partial charge in [0.1, 0.15) is 23.9 Å². The van der Waals surface area contributed by atoms with E-state index in [2.05, 4.69) is 20.7 Å². The Hall–Kier alpha value is -4.18. The van der Waals surface area contributed by atoms with Crippen LogP contribution in [-0.4, -0.2) is 40.6 Å². The molecule has 0 radical (unpaired) electrons. The number of aryl methyl sites for hydroxylation is 1. The van der Waals surface area contributed by atoms with Gasteiger partial charge in [0.25, 0.3) is 5.56 Å². The van der Waals surface area contributed by atoms with Crippen molar-refractivity contribution in [1.82, 2.24) is 20.1 Å². The number of ether oxygens (including phenoxy) is 2. The van der Waals surface area contributed by atoms with Gasteiger partial charge in [0.05, 0.1) is 17.1 Å². The molecule has 1 aliphatic rings. The van der Waals surface area contributed by atoms with Crippen molar-refractivity contribution in [1.29, 1.82) is 0 Å². The molecule has 0 aliphatic carbocycles. The summed E-state index contributed by atoms with van der Waals surface area (Å²) in [4.78, 5) is 30.2. The number of carbonyl (C=O) groups is 1. The van der Waals surface area contributed by atoms with Crippen LogP contribution in [-0.2, 0) is 6.54 Å². The van der Waals surface area contributed by atoms with Crippen molar-refractivity contribution in [2.75, 3.05) is 25.1 Å². The molecule has 10 heteroatoms. The van der Waals surface area contributed by atoms with Crippen molar-refractivity contribution in [2.45, 2.75) is 13.5 Å². The Morgan fingerprint density at radius 2 is 1.86 bits per heavy atom. The first-order valence-corrected chi connectivity index (χ1v) is 11.9. The van der Waals surface area contributed by atoms with E-state index in [0.717, 1.165) is 21.1 Å². The normalized spacial score (nSPS) is 12.3. The van der Waals surface area contributed by atoms with Crippen LogP contribution < -0.4 is 25.7 Å². The van der Waals surface area contributed by atoms with Gasteiger partial charge in [-0.25, -0.2) is 14.5 Å². The third-order valence-electron chi connectivity index (χ3n) is 5.33. The van der Waals surface area contributed by atoms with Crippen molar-refractivity contribution >= 4 is 23.1 Å². The van der Waals surface area contributed by atoms with Crippen LogP contribution >= 0.6 is 11.3 Å². The number of anilines is 1. The zero-order valence-corrected chi connectivity index (χ0v) is 19.8. The van der Waals surface area contributed by atoms with Gasteiger partial charge < -0.3 is 20.1 Å². The lowest BCUT2D eigenvalue weighted by Gasteiger charge is -2.19. The van der Waals surface area contributed by atoms with Crippen LogP contribution in [0.1, 0.15) is 5.69 Å². The topological polar surface area (TPSA) is 107 Å². The minimum atomic E-state index is -0.392. The number of hydrogen-bond donors (Lipinski definition) is 2. The molecule has 0 bridgehead atoms. The van der Waals surface area contributed by atoms with Crippen molar-refractivity contribution in [3.05, 3.63) is 76.7 Å². The zero-order valence-electron chi connectivity index (χ0n) is 19.0. The number of nitrogens with zero attached hydrogens (tertiary/aromatic N) is 3. The van der Waals surface area contributed by atoms with Crippen LogP contribution in [0.15, 0.2) is 65.5 Å². The summed E-state index contributed by atoms with van der Waals surface area (Å²) in [5.74, 6) is 1.25. The number of carbonyl (C=O) groups excluding carboxylic acids is 1. The summed E-state index contributed by atoms with van der Waals surface area (Å²) in [6.07, 6.45) is 0. The molecule has 178 valence electrons. The van der Waals surface area contributed by atoms with E-state index in [1.807, 2.05) is 37.3 Å². The van der Waals surface area contributed by atoms with Crippen LogP contribution in [0.3, 0.4) is 0 Å². The molecule has 1 aliphatic heterocycles. The number of urea groups is 1. The molecule has 4 aromatic rings. The molecule has 0 unspecified atom stereocenters. The second-order valence-electron chi connectivity index (χ2n) is 7.82. The largest absolute Gasteiger partial charge is 0.486 e. The fourth-order valence-corrected chi connectivity index (χ4v) is 4.68. The number of nitrogens with one attached hydrogen (secondary N) is 2. The van der Waals surface area contributed by atoms with Gasteiger partial charge in [0.15, 0.2) is 11.5 Å². The van der Waals surface area contributed by atoms with Gasteiger partial charge in [-0.15, -0.1) is 11.3 Å². The smallest absolute Gasteiger partial charge is 0.319 e. The molecule has 35 heavy (non-hydrogen) atoms. The molecular weight excluding hydrogens is 466 g/mol. The number of aromatic nitrogens is 3. The van der Waals surface area contributed by atoms with Gasteiger partial charge in [-0.1, -0.05) is 30.3 Å². The first-order valence-electron chi connectivity index (χ1n) is 11.1. The lowest BCUT2D eigenvalue weighted by Crippen LogP contribution is -2.34. The van der Waals surface area contributed by atoms with Crippen molar-refractivity contribution < 1.29 is 14.3 Å². The summed E-state index contributed by atoms with van der Waals surface area (Å²) in [5.41, 5.74) is 2.89. The van der Waals surface area contributed by atoms with E-state index in [-0.39, 0.29) is 18.6 Å². The molecule has 0 saturated heterocycles. The minimum absolute atomic E-state index is 0.226. The standard InChI is InChI=1S/C25H23N5O4S/c1-16-23(35-24(27-16)17-5-3-2-4-6-17)19-8-10-22(31)30(29-19)12-11-26-25(32)28-18-7-9-20-21(15-18)34-14-13-33-20/h2-10,15H,11-14H2,1H3,(H2,26,28,32). The minimum Gasteiger partial charge on any atom is -0.486 e. The van der Waals surface area contributed by atoms with Crippen LogP contribution in [0, 0.1) is 6.92 Å². The average Bonchev–Trinajstić information content (AvgIpc) is 3.27. The molecule has 0 spiro atoms. The highest BCUT2D eigenvalue weighted by Gasteiger charge is 2.15. The summed E-state index contributed by atoms with van der Waals surface area (Å²) >= 11 is 1.53. The van der Waals surface area contributed by atoms with Gasteiger partial charge in [0.2, 0.25) is 0 Å². The number of thiazole rings is 1. The van der Waals surface area contributed by atoms with E-state index in [0.29, 0.717) is 36.1 Å². The van der Waals surface area contributed by atoms with Crippen molar-refractivity contribution in [3.63, 3.8) is 0 Å². The van der Waals surface area contributed by atoms with Crippen molar-refractivity contribution in [2.24, 2.45) is 0 Å². The SMILES string of the molecule is Cc1nc(-c2ccccc2)sc1-c1ccc(=O)n(CCNC(=O)Nc2ccc3c(c2)OCCO3)n1. The van der Waals surface area contributed by atoms with Gasteiger partial charge in [-0.3, -0.25) is 4.79 Å². The first-order chi connectivity index (χ1) is 17.1. The Bertz CT molecular complexity index is 1420. The van der Waals surface area contributed by atoms with Crippen LogP contribution in [0.25, 0.3) is 21.1 Å². The Balaban J connectivity index is 1.23. The summed E-state index contributed by atoms with van der Waals surface area (Å²) < 4.78 is 12.4. The summed E-state index contributed by atoms with van der Waals surface area (Å²) in [5, 5.41) is 10.9. The summed E-state index contributed by atoms with van der Waals surface area (Å²) in [6, 6.07) is 17.9.